The Kier molecular flexibility index (Phi) is 4.74. The number of carbonyl (C=O) groups is 2. The molecule has 1 rings (SSSR count). The monoisotopic (exact) mass is 239 g/mol. The van der Waals surface area contributed by atoms with Crippen molar-refractivity contribution in [2.75, 3.05) is 6.61 Å². The number of H-pyrrole nitrogens is 1. The van der Waals surface area contributed by atoms with Gasteiger partial charge in [0.1, 0.15) is 12.6 Å². The highest BCUT2D eigenvalue weighted by atomic mass is 16.5. The minimum Gasteiger partial charge on any atom is -0.480 e. The molecule has 0 saturated heterocycles. The van der Waals surface area contributed by atoms with Crippen molar-refractivity contribution >= 4 is 12.1 Å². The van der Waals surface area contributed by atoms with Gasteiger partial charge in [0.2, 0.25) is 0 Å². The number of nitrogens with one attached hydrogen (secondary N) is 2. The third kappa shape index (κ3) is 4.37. The first kappa shape index (κ1) is 12.8. The predicted octanol–water partition coefficient (Wildman–Crippen LogP) is 0.318. The molecule has 0 aromatic carbocycles. The Bertz CT molecular complexity index is 388. The molecule has 0 radical (unpaired) electrons. The van der Waals surface area contributed by atoms with Crippen LogP contribution < -0.4 is 5.32 Å². The summed E-state index contributed by atoms with van der Waals surface area (Å²) in [4.78, 5) is 22.1. The molecular weight excluding hydrogens is 226 g/mol. The Morgan fingerprint density at radius 2 is 2.47 bits per heavy atom. The van der Waals surface area contributed by atoms with Gasteiger partial charge in [0.15, 0.2) is 0 Å². The van der Waals surface area contributed by atoms with Crippen LogP contribution in [0, 0.1) is 0 Å². The van der Waals surface area contributed by atoms with E-state index in [-0.39, 0.29) is 13.0 Å². The number of rotatable bonds is 6. The fourth-order valence-electron chi connectivity index (χ4n) is 1.14. The van der Waals surface area contributed by atoms with E-state index < -0.39 is 18.1 Å². The fourth-order valence-corrected chi connectivity index (χ4v) is 1.14. The predicted molar refractivity (Wildman–Crippen MR) is 58.4 cm³/mol. The summed E-state index contributed by atoms with van der Waals surface area (Å²) in [7, 11) is 0. The SMILES string of the molecule is C=CCOC(=O)NC(Cc1cn[nH]c1)C(=O)O. The van der Waals surface area contributed by atoms with Gasteiger partial charge in [-0.15, -0.1) is 0 Å². The number of carboxylic acid groups (broad SMARTS) is 1. The van der Waals surface area contributed by atoms with Gasteiger partial charge >= 0.3 is 12.1 Å². The van der Waals surface area contributed by atoms with Crippen molar-refractivity contribution in [1.82, 2.24) is 15.5 Å². The molecule has 17 heavy (non-hydrogen) atoms. The van der Waals surface area contributed by atoms with Crippen LogP contribution in [0.1, 0.15) is 5.56 Å². The number of amides is 1. The summed E-state index contributed by atoms with van der Waals surface area (Å²) in [5.41, 5.74) is 0.682. The first-order valence-corrected chi connectivity index (χ1v) is 4.88. The Hall–Kier alpha value is -2.31. The molecule has 0 bridgehead atoms. The van der Waals surface area contributed by atoms with E-state index in [1.54, 1.807) is 6.20 Å². The van der Waals surface area contributed by atoms with Crippen molar-refractivity contribution in [1.29, 1.82) is 0 Å². The van der Waals surface area contributed by atoms with Gasteiger partial charge in [0, 0.05) is 12.6 Å². The molecule has 0 spiro atoms. The zero-order valence-corrected chi connectivity index (χ0v) is 9.05. The molecule has 0 aliphatic rings. The topological polar surface area (TPSA) is 104 Å². The largest absolute Gasteiger partial charge is 0.480 e. The summed E-state index contributed by atoms with van der Waals surface area (Å²) < 4.78 is 4.64. The Morgan fingerprint density at radius 3 is 3.00 bits per heavy atom. The number of nitrogens with zero attached hydrogens (tertiary/aromatic N) is 1. The maximum absolute atomic E-state index is 11.2. The number of aromatic amines is 1. The van der Waals surface area contributed by atoms with E-state index in [0.717, 1.165) is 0 Å². The average Bonchev–Trinajstić information content (AvgIpc) is 2.78. The second-order valence-electron chi connectivity index (χ2n) is 3.23. The lowest BCUT2D eigenvalue weighted by molar-refractivity contribution is -0.139. The van der Waals surface area contributed by atoms with Gasteiger partial charge in [0.05, 0.1) is 6.20 Å². The third-order valence-electron chi connectivity index (χ3n) is 1.92. The summed E-state index contributed by atoms with van der Waals surface area (Å²) in [6, 6.07) is -1.05. The van der Waals surface area contributed by atoms with Crippen LogP contribution in [0.4, 0.5) is 4.79 Å². The molecule has 1 atom stereocenters. The van der Waals surface area contributed by atoms with Crippen LogP contribution in [-0.4, -0.2) is 40.0 Å². The zero-order valence-electron chi connectivity index (χ0n) is 9.05. The lowest BCUT2D eigenvalue weighted by Crippen LogP contribution is -2.42. The Balaban J connectivity index is 2.51. The summed E-state index contributed by atoms with van der Waals surface area (Å²) in [5.74, 6) is -1.14. The minimum atomic E-state index is -1.14. The standard InChI is InChI=1S/C10H13N3O4/c1-2-3-17-10(16)13-8(9(14)15)4-7-5-11-12-6-7/h2,5-6,8H,1,3-4H2,(H,11,12)(H,13,16)(H,14,15). The molecule has 0 aliphatic heterocycles. The molecule has 1 heterocycles. The van der Waals surface area contributed by atoms with Crippen molar-refractivity contribution in [3.63, 3.8) is 0 Å². The van der Waals surface area contributed by atoms with Gasteiger partial charge in [-0.05, 0) is 5.56 Å². The smallest absolute Gasteiger partial charge is 0.408 e. The van der Waals surface area contributed by atoms with Gasteiger partial charge < -0.3 is 15.2 Å². The van der Waals surface area contributed by atoms with Gasteiger partial charge in [-0.1, -0.05) is 12.7 Å². The van der Waals surface area contributed by atoms with E-state index >= 15 is 0 Å². The highest BCUT2D eigenvalue weighted by Gasteiger charge is 2.21. The molecule has 92 valence electrons. The lowest BCUT2D eigenvalue weighted by Gasteiger charge is -2.12. The van der Waals surface area contributed by atoms with E-state index in [2.05, 4.69) is 26.8 Å². The molecule has 1 amide bonds. The van der Waals surface area contributed by atoms with Crippen molar-refractivity contribution in [2.24, 2.45) is 0 Å². The van der Waals surface area contributed by atoms with Crippen molar-refractivity contribution in [3.8, 4) is 0 Å². The maximum atomic E-state index is 11.2. The number of hydrogen-bond donors (Lipinski definition) is 3. The number of ether oxygens (including phenoxy) is 1. The summed E-state index contributed by atoms with van der Waals surface area (Å²) >= 11 is 0. The Labute approximate surface area is 97.5 Å². The third-order valence-corrected chi connectivity index (χ3v) is 1.92. The van der Waals surface area contributed by atoms with Gasteiger partial charge in [-0.2, -0.15) is 5.10 Å². The van der Waals surface area contributed by atoms with E-state index in [4.69, 9.17) is 5.11 Å². The number of aromatic nitrogens is 2. The van der Waals surface area contributed by atoms with Crippen LogP contribution in [0.5, 0.6) is 0 Å². The summed E-state index contributed by atoms with van der Waals surface area (Å²) in [6.07, 6.45) is 3.79. The number of aliphatic carboxylic acids is 1. The van der Waals surface area contributed by atoms with E-state index in [9.17, 15) is 9.59 Å². The number of carbonyl (C=O) groups excluding carboxylic acids is 1. The average molecular weight is 239 g/mol. The molecule has 0 saturated carbocycles. The first-order valence-electron chi connectivity index (χ1n) is 4.88. The Morgan fingerprint density at radius 1 is 1.71 bits per heavy atom. The highest BCUT2D eigenvalue weighted by Crippen LogP contribution is 2.01. The highest BCUT2D eigenvalue weighted by molar-refractivity contribution is 5.80. The minimum absolute atomic E-state index is 0.0316. The van der Waals surface area contributed by atoms with Crippen molar-refractivity contribution in [3.05, 3.63) is 30.6 Å². The van der Waals surface area contributed by atoms with Crippen LogP contribution in [0.15, 0.2) is 25.0 Å². The van der Waals surface area contributed by atoms with E-state index in [0.29, 0.717) is 5.56 Å². The van der Waals surface area contributed by atoms with E-state index in [1.807, 2.05) is 0 Å². The van der Waals surface area contributed by atoms with Crippen molar-refractivity contribution < 1.29 is 19.4 Å². The van der Waals surface area contributed by atoms with Gasteiger partial charge in [-0.3, -0.25) is 5.10 Å². The summed E-state index contributed by atoms with van der Waals surface area (Å²) in [5, 5.41) is 17.4. The number of hydrogen-bond acceptors (Lipinski definition) is 4. The molecule has 1 aromatic rings. The molecule has 1 unspecified atom stereocenters. The molecule has 1 aromatic heterocycles. The van der Waals surface area contributed by atoms with Gasteiger partial charge in [-0.25, -0.2) is 9.59 Å². The fraction of sp³-hybridized carbons (Fsp3) is 0.300. The van der Waals surface area contributed by atoms with Crippen LogP contribution in [0.2, 0.25) is 0 Å². The quantitative estimate of drug-likeness (QED) is 0.620. The second-order valence-corrected chi connectivity index (χ2v) is 3.23. The molecular formula is C10H13N3O4. The molecule has 7 nitrogen and oxygen atoms in total. The molecule has 0 fully saturated rings. The number of carboxylic acids is 1. The number of alkyl carbamates (subject to hydrolysis) is 1. The normalized spacial score (nSPS) is 11.5. The maximum Gasteiger partial charge on any atom is 0.408 e. The summed E-state index contributed by atoms with van der Waals surface area (Å²) in [6.45, 7) is 3.41. The van der Waals surface area contributed by atoms with E-state index in [1.165, 1.54) is 12.3 Å². The van der Waals surface area contributed by atoms with Crippen LogP contribution in [0.3, 0.4) is 0 Å². The van der Waals surface area contributed by atoms with Gasteiger partial charge in [0.25, 0.3) is 0 Å². The van der Waals surface area contributed by atoms with Crippen LogP contribution in [-0.2, 0) is 16.0 Å². The lowest BCUT2D eigenvalue weighted by atomic mass is 10.1. The molecule has 3 N–H and O–H groups in total. The zero-order chi connectivity index (χ0) is 12.7. The van der Waals surface area contributed by atoms with Crippen LogP contribution in [0.25, 0.3) is 0 Å². The molecule has 7 heteroatoms. The first-order chi connectivity index (χ1) is 8.13. The van der Waals surface area contributed by atoms with Crippen molar-refractivity contribution in [2.45, 2.75) is 12.5 Å². The molecule has 0 aliphatic carbocycles. The second kappa shape index (κ2) is 6.31. The van der Waals surface area contributed by atoms with Crippen LogP contribution >= 0.6 is 0 Å².